The van der Waals surface area contributed by atoms with Crippen molar-refractivity contribution in [1.82, 2.24) is 0 Å². The van der Waals surface area contributed by atoms with Gasteiger partial charge in [-0.2, -0.15) is 13.2 Å². The third-order valence-corrected chi connectivity index (χ3v) is 2.14. The van der Waals surface area contributed by atoms with E-state index >= 15 is 0 Å². The molecule has 0 spiro atoms. The van der Waals surface area contributed by atoms with Crippen molar-refractivity contribution in [2.45, 2.75) is 12.3 Å². The summed E-state index contributed by atoms with van der Waals surface area (Å²) in [5, 5.41) is 9.45. The van der Waals surface area contributed by atoms with Crippen LogP contribution in [0, 0.1) is 0 Å². The average Bonchev–Trinajstić information content (AvgIpc) is 2.26. The molecule has 0 radical (unpaired) electrons. The van der Waals surface area contributed by atoms with Crippen LogP contribution in [-0.4, -0.2) is 18.8 Å². The molecule has 0 aliphatic rings. The van der Waals surface area contributed by atoms with Crippen molar-refractivity contribution < 1.29 is 23.0 Å². The summed E-state index contributed by atoms with van der Waals surface area (Å²) in [6.07, 6.45) is -5.46. The van der Waals surface area contributed by atoms with Gasteiger partial charge in [-0.3, -0.25) is 0 Å². The monoisotopic (exact) mass is 235 g/mol. The van der Waals surface area contributed by atoms with Crippen molar-refractivity contribution in [3.63, 3.8) is 0 Å². The second-order valence-corrected chi connectivity index (χ2v) is 3.21. The van der Waals surface area contributed by atoms with Crippen molar-refractivity contribution in [3.8, 4) is 5.75 Å². The fourth-order valence-electron chi connectivity index (χ4n) is 1.29. The predicted octanol–water partition coefficient (Wildman–Crippen LogP) is 1.71. The Bertz CT molecular complexity index is 366. The number of nitrogens with two attached hydrogens (primary N) is 1. The molecule has 0 bridgehead atoms. The molecule has 1 atom stereocenters. The minimum Gasteiger partial charge on any atom is -0.496 e. The molecule has 0 aliphatic carbocycles. The number of aliphatic hydroxyl groups is 1. The van der Waals surface area contributed by atoms with Gasteiger partial charge in [-0.05, 0) is 12.1 Å². The lowest BCUT2D eigenvalue weighted by Gasteiger charge is -2.15. The van der Waals surface area contributed by atoms with E-state index in [2.05, 4.69) is 0 Å². The summed E-state index contributed by atoms with van der Waals surface area (Å²) in [4.78, 5) is 0. The van der Waals surface area contributed by atoms with Crippen LogP contribution in [0.1, 0.15) is 17.2 Å². The summed E-state index contributed by atoms with van der Waals surface area (Å²) in [6.45, 7) is -0.0816. The number of halogens is 3. The highest BCUT2D eigenvalue weighted by Gasteiger charge is 2.31. The molecule has 3 nitrogen and oxygen atoms in total. The van der Waals surface area contributed by atoms with Crippen LogP contribution in [0.15, 0.2) is 18.2 Å². The fraction of sp³-hybridized carbons (Fsp3) is 0.400. The summed E-state index contributed by atoms with van der Waals surface area (Å²) in [7, 11) is 1.24. The highest BCUT2D eigenvalue weighted by molar-refractivity contribution is 5.40. The van der Waals surface area contributed by atoms with Gasteiger partial charge in [0.25, 0.3) is 0 Å². The SMILES string of the molecule is COc1cc(C(F)(F)F)ccc1C(O)CN. The van der Waals surface area contributed by atoms with Gasteiger partial charge in [0.05, 0.1) is 18.8 Å². The average molecular weight is 235 g/mol. The summed E-state index contributed by atoms with van der Waals surface area (Å²) in [5.41, 5.74) is 4.65. The van der Waals surface area contributed by atoms with Crippen LogP contribution in [0.2, 0.25) is 0 Å². The van der Waals surface area contributed by atoms with E-state index in [1.54, 1.807) is 0 Å². The van der Waals surface area contributed by atoms with Crippen molar-refractivity contribution >= 4 is 0 Å². The van der Waals surface area contributed by atoms with E-state index in [1.807, 2.05) is 0 Å². The Labute approximate surface area is 90.6 Å². The minimum absolute atomic E-state index is 0.0206. The predicted molar refractivity (Wildman–Crippen MR) is 52.0 cm³/mol. The molecule has 1 aromatic rings. The van der Waals surface area contributed by atoms with Crippen molar-refractivity contribution in [3.05, 3.63) is 29.3 Å². The zero-order valence-electron chi connectivity index (χ0n) is 8.58. The molecule has 6 heteroatoms. The lowest BCUT2D eigenvalue weighted by molar-refractivity contribution is -0.137. The number of methoxy groups -OCH3 is 1. The van der Waals surface area contributed by atoms with Crippen LogP contribution in [0.25, 0.3) is 0 Å². The lowest BCUT2D eigenvalue weighted by Crippen LogP contribution is -2.13. The molecule has 0 saturated carbocycles. The second-order valence-electron chi connectivity index (χ2n) is 3.21. The highest BCUT2D eigenvalue weighted by atomic mass is 19.4. The molecular formula is C10H12F3NO2. The maximum Gasteiger partial charge on any atom is 0.416 e. The second kappa shape index (κ2) is 4.71. The Morgan fingerprint density at radius 2 is 2.06 bits per heavy atom. The Kier molecular flexibility index (Phi) is 3.77. The summed E-state index contributed by atoms with van der Waals surface area (Å²) >= 11 is 0. The van der Waals surface area contributed by atoms with Crippen molar-refractivity contribution in [2.24, 2.45) is 5.73 Å². The van der Waals surface area contributed by atoms with Gasteiger partial charge in [0, 0.05) is 12.1 Å². The summed E-state index contributed by atoms with van der Waals surface area (Å²) < 4.78 is 41.9. The maximum atomic E-state index is 12.4. The van der Waals surface area contributed by atoms with Gasteiger partial charge in [-0.1, -0.05) is 6.07 Å². The van der Waals surface area contributed by atoms with Gasteiger partial charge in [-0.15, -0.1) is 0 Å². The van der Waals surface area contributed by atoms with Crippen molar-refractivity contribution in [1.29, 1.82) is 0 Å². The molecule has 1 unspecified atom stereocenters. The molecule has 0 aromatic heterocycles. The Hall–Kier alpha value is -1.27. The number of benzene rings is 1. The number of alkyl halides is 3. The van der Waals surface area contributed by atoms with Crippen LogP contribution >= 0.6 is 0 Å². The molecule has 16 heavy (non-hydrogen) atoms. The van der Waals surface area contributed by atoms with E-state index in [-0.39, 0.29) is 17.9 Å². The van der Waals surface area contributed by atoms with Crippen LogP contribution in [0.3, 0.4) is 0 Å². The number of hydrogen-bond donors (Lipinski definition) is 2. The first-order valence-electron chi connectivity index (χ1n) is 4.53. The van der Waals surface area contributed by atoms with Gasteiger partial charge in [0.2, 0.25) is 0 Å². The molecular weight excluding hydrogens is 223 g/mol. The smallest absolute Gasteiger partial charge is 0.416 e. The standard InChI is InChI=1S/C10H12F3NO2/c1-16-9-4-6(10(11,12)13)2-3-7(9)8(15)5-14/h2-4,8,15H,5,14H2,1H3. The van der Waals surface area contributed by atoms with Crippen LogP contribution < -0.4 is 10.5 Å². The summed E-state index contributed by atoms with van der Waals surface area (Å²) in [5.74, 6) is -0.0206. The van der Waals surface area contributed by atoms with E-state index in [4.69, 9.17) is 10.5 Å². The molecule has 0 heterocycles. The van der Waals surface area contributed by atoms with Gasteiger partial charge in [0.1, 0.15) is 5.75 Å². The van der Waals surface area contributed by atoms with E-state index in [1.165, 1.54) is 13.2 Å². The van der Waals surface area contributed by atoms with Gasteiger partial charge in [-0.25, -0.2) is 0 Å². The van der Waals surface area contributed by atoms with E-state index in [0.29, 0.717) is 0 Å². The first-order valence-corrected chi connectivity index (χ1v) is 4.53. The maximum absolute atomic E-state index is 12.4. The van der Waals surface area contributed by atoms with Crippen molar-refractivity contribution in [2.75, 3.05) is 13.7 Å². The van der Waals surface area contributed by atoms with Crippen LogP contribution in [0.5, 0.6) is 5.75 Å². The Morgan fingerprint density at radius 3 is 2.50 bits per heavy atom. The zero-order valence-corrected chi connectivity index (χ0v) is 8.58. The van der Waals surface area contributed by atoms with Crippen LogP contribution in [0.4, 0.5) is 13.2 Å². The van der Waals surface area contributed by atoms with E-state index in [0.717, 1.165) is 12.1 Å². The molecule has 0 saturated heterocycles. The first-order chi connectivity index (χ1) is 7.40. The van der Waals surface area contributed by atoms with E-state index < -0.39 is 17.8 Å². The number of ether oxygens (including phenoxy) is 1. The quantitative estimate of drug-likeness (QED) is 0.838. The topological polar surface area (TPSA) is 55.5 Å². The zero-order chi connectivity index (χ0) is 12.3. The molecule has 0 amide bonds. The first kappa shape index (κ1) is 12.8. The largest absolute Gasteiger partial charge is 0.496 e. The molecule has 0 fully saturated rings. The van der Waals surface area contributed by atoms with Gasteiger partial charge < -0.3 is 15.6 Å². The highest BCUT2D eigenvalue weighted by Crippen LogP contribution is 2.34. The molecule has 90 valence electrons. The van der Waals surface area contributed by atoms with Gasteiger partial charge >= 0.3 is 6.18 Å². The fourth-order valence-corrected chi connectivity index (χ4v) is 1.29. The molecule has 1 aromatic carbocycles. The minimum atomic E-state index is -4.43. The number of hydrogen-bond acceptors (Lipinski definition) is 3. The summed E-state index contributed by atoms with van der Waals surface area (Å²) in [6, 6.07) is 2.89. The Balaban J connectivity index is 3.17. The lowest BCUT2D eigenvalue weighted by atomic mass is 10.1. The Morgan fingerprint density at radius 1 is 1.44 bits per heavy atom. The third kappa shape index (κ3) is 2.65. The van der Waals surface area contributed by atoms with Gasteiger partial charge in [0.15, 0.2) is 0 Å². The number of aliphatic hydroxyl groups excluding tert-OH is 1. The number of rotatable bonds is 3. The molecule has 3 N–H and O–H groups in total. The molecule has 0 aliphatic heterocycles. The normalized spacial score (nSPS) is 13.6. The van der Waals surface area contributed by atoms with E-state index in [9.17, 15) is 18.3 Å². The third-order valence-electron chi connectivity index (χ3n) is 2.14. The van der Waals surface area contributed by atoms with Crippen LogP contribution in [-0.2, 0) is 6.18 Å². The molecule has 1 rings (SSSR count).